The Morgan fingerprint density at radius 1 is 1.32 bits per heavy atom. The molecule has 0 aliphatic carbocycles. The van der Waals surface area contributed by atoms with Gasteiger partial charge in [-0.05, 0) is 55.2 Å². The molecule has 1 aromatic rings. The van der Waals surface area contributed by atoms with Crippen LogP contribution in [-0.4, -0.2) is 55.0 Å². The SMILES string of the molecule is CCNC(=NCC(c1ccsc1)N(CC)CC)N1CCCC1. The minimum atomic E-state index is 0.387. The lowest BCUT2D eigenvalue weighted by Crippen LogP contribution is -2.40. The van der Waals surface area contributed by atoms with Crippen LogP contribution in [0.1, 0.15) is 45.2 Å². The molecule has 5 heteroatoms. The van der Waals surface area contributed by atoms with E-state index in [1.54, 1.807) is 11.3 Å². The number of nitrogens with one attached hydrogen (secondary N) is 1. The maximum absolute atomic E-state index is 4.96. The van der Waals surface area contributed by atoms with Crippen LogP contribution < -0.4 is 5.32 Å². The molecule has 22 heavy (non-hydrogen) atoms. The van der Waals surface area contributed by atoms with Gasteiger partial charge in [-0.15, -0.1) is 0 Å². The molecule has 0 amide bonds. The molecule has 2 heterocycles. The second-order valence-electron chi connectivity index (χ2n) is 5.68. The number of likely N-dealkylation sites (N-methyl/N-ethyl adjacent to an activating group) is 1. The van der Waals surface area contributed by atoms with Crippen molar-refractivity contribution in [3.63, 3.8) is 0 Å². The molecule has 1 saturated heterocycles. The Hall–Kier alpha value is -1.07. The van der Waals surface area contributed by atoms with Gasteiger partial charge in [0.15, 0.2) is 5.96 Å². The van der Waals surface area contributed by atoms with Crippen LogP contribution >= 0.6 is 11.3 Å². The van der Waals surface area contributed by atoms with E-state index in [0.29, 0.717) is 6.04 Å². The topological polar surface area (TPSA) is 30.9 Å². The number of nitrogens with zero attached hydrogens (tertiary/aromatic N) is 3. The molecule has 0 spiro atoms. The lowest BCUT2D eigenvalue weighted by atomic mass is 10.1. The zero-order chi connectivity index (χ0) is 15.8. The molecular formula is C17H30N4S. The average molecular weight is 323 g/mol. The number of likely N-dealkylation sites (tertiary alicyclic amines) is 1. The summed E-state index contributed by atoms with van der Waals surface area (Å²) in [5, 5.41) is 7.89. The van der Waals surface area contributed by atoms with Gasteiger partial charge < -0.3 is 10.2 Å². The van der Waals surface area contributed by atoms with Gasteiger partial charge in [0, 0.05) is 19.6 Å². The largest absolute Gasteiger partial charge is 0.357 e. The molecule has 1 aromatic heterocycles. The summed E-state index contributed by atoms with van der Waals surface area (Å²) in [7, 11) is 0. The van der Waals surface area contributed by atoms with E-state index < -0.39 is 0 Å². The molecule has 0 saturated carbocycles. The number of rotatable bonds is 7. The lowest BCUT2D eigenvalue weighted by Gasteiger charge is -2.29. The Balaban J connectivity index is 2.12. The zero-order valence-corrected chi connectivity index (χ0v) is 15.0. The molecular weight excluding hydrogens is 292 g/mol. The molecule has 124 valence electrons. The van der Waals surface area contributed by atoms with Crippen molar-refractivity contribution in [1.29, 1.82) is 0 Å². The van der Waals surface area contributed by atoms with Gasteiger partial charge in [0.25, 0.3) is 0 Å². The Bertz CT molecular complexity index is 434. The highest BCUT2D eigenvalue weighted by Gasteiger charge is 2.20. The molecule has 4 nitrogen and oxygen atoms in total. The first kappa shape index (κ1) is 17.3. The van der Waals surface area contributed by atoms with Crippen LogP contribution in [0, 0.1) is 0 Å². The average Bonchev–Trinajstić information content (AvgIpc) is 3.23. The summed E-state index contributed by atoms with van der Waals surface area (Å²) in [5.41, 5.74) is 1.40. The van der Waals surface area contributed by atoms with Gasteiger partial charge in [-0.2, -0.15) is 11.3 Å². The van der Waals surface area contributed by atoms with Crippen molar-refractivity contribution in [2.75, 3.05) is 39.3 Å². The Labute approximate surface area is 139 Å². The number of thiophene rings is 1. The summed E-state index contributed by atoms with van der Waals surface area (Å²) < 4.78 is 0. The van der Waals surface area contributed by atoms with Crippen molar-refractivity contribution < 1.29 is 0 Å². The Morgan fingerprint density at radius 2 is 2.05 bits per heavy atom. The van der Waals surface area contributed by atoms with Gasteiger partial charge in [-0.25, -0.2) is 0 Å². The molecule has 0 aromatic carbocycles. The van der Waals surface area contributed by atoms with Crippen LogP contribution in [0.25, 0.3) is 0 Å². The van der Waals surface area contributed by atoms with E-state index >= 15 is 0 Å². The van der Waals surface area contributed by atoms with Crippen molar-refractivity contribution in [3.05, 3.63) is 22.4 Å². The maximum atomic E-state index is 4.96. The second kappa shape index (κ2) is 9.16. The summed E-state index contributed by atoms with van der Waals surface area (Å²) in [6.45, 7) is 12.8. The third-order valence-electron chi connectivity index (χ3n) is 4.34. The quantitative estimate of drug-likeness (QED) is 0.618. The first-order valence-corrected chi connectivity index (χ1v) is 9.53. The highest BCUT2D eigenvalue weighted by molar-refractivity contribution is 7.07. The van der Waals surface area contributed by atoms with E-state index in [2.05, 4.69) is 52.7 Å². The molecule has 1 atom stereocenters. The number of hydrogen-bond donors (Lipinski definition) is 1. The predicted octanol–water partition coefficient (Wildman–Crippen LogP) is 3.19. The van der Waals surface area contributed by atoms with E-state index in [-0.39, 0.29) is 0 Å². The van der Waals surface area contributed by atoms with Gasteiger partial charge in [0.1, 0.15) is 0 Å². The van der Waals surface area contributed by atoms with Gasteiger partial charge in [0.05, 0.1) is 12.6 Å². The van der Waals surface area contributed by atoms with Crippen LogP contribution in [-0.2, 0) is 0 Å². The first-order valence-electron chi connectivity index (χ1n) is 8.59. The number of hydrogen-bond acceptors (Lipinski definition) is 3. The standard InChI is InChI=1S/C17H30N4S/c1-4-18-17(21-10-7-8-11-21)19-13-16(20(5-2)6-3)15-9-12-22-14-15/h9,12,14,16H,4-8,10-11,13H2,1-3H3,(H,18,19). The van der Waals surface area contributed by atoms with E-state index in [1.165, 1.54) is 18.4 Å². The Kier molecular flexibility index (Phi) is 7.19. The molecule has 1 unspecified atom stereocenters. The second-order valence-corrected chi connectivity index (χ2v) is 6.46. The zero-order valence-electron chi connectivity index (χ0n) is 14.2. The third-order valence-corrected chi connectivity index (χ3v) is 5.04. The molecule has 2 rings (SSSR count). The minimum Gasteiger partial charge on any atom is -0.357 e. The van der Waals surface area contributed by atoms with Crippen LogP contribution in [0.2, 0.25) is 0 Å². The van der Waals surface area contributed by atoms with Crippen molar-refractivity contribution in [2.45, 2.75) is 39.7 Å². The van der Waals surface area contributed by atoms with E-state index in [4.69, 9.17) is 4.99 Å². The van der Waals surface area contributed by atoms with Crippen LogP contribution in [0.15, 0.2) is 21.8 Å². The van der Waals surface area contributed by atoms with Crippen molar-refractivity contribution in [3.8, 4) is 0 Å². The normalized spacial score (nSPS) is 17.3. The number of aliphatic imine (C=N–C) groups is 1. The minimum absolute atomic E-state index is 0.387. The molecule has 0 bridgehead atoms. The monoisotopic (exact) mass is 322 g/mol. The lowest BCUT2D eigenvalue weighted by molar-refractivity contribution is 0.224. The van der Waals surface area contributed by atoms with Gasteiger partial charge >= 0.3 is 0 Å². The Morgan fingerprint density at radius 3 is 2.59 bits per heavy atom. The summed E-state index contributed by atoms with van der Waals surface area (Å²) in [5.74, 6) is 1.09. The molecule has 1 N–H and O–H groups in total. The third kappa shape index (κ3) is 4.46. The van der Waals surface area contributed by atoms with E-state index in [0.717, 1.165) is 45.2 Å². The molecule has 1 aliphatic heterocycles. The van der Waals surface area contributed by atoms with Gasteiger partial charge in [0.2, 0.25) is 0 Å². The summed E-state index contributed by atoms with van der Waals surface area (Å²) in [6.07, 6.45) is 2.57. The van der Waals surface area contributed by atoms with E-state index in [1.807, 2.05) is 0 Å². The first-order chi connectivity index (χ1) is 10.8. The fourth-order valence-electron chi connectivity index (χ4n) is 3.09. The van der Waals surface area contributed by atoms with Crippen molar-refractivity contribution in [2.24, 2.45) is 4.99 Å². The molecule has 0 radical (unpaired) electrons. The number of guanidine groups is 1. The highest BCUT2D eigenvalue weighted by Crippen LogP contribution is 2.23. The van der Waals surface area contributed by atoms with Gasteiger partial charge in [-0.3, -0.25) is 9.89 Å². The molecule has 1 aliphatic rings. The van der Waals surface area contributed by atoms with Crippen LogP contribution in [0.3, 0.4) is 0 Å². The summed E-state index contributed by atoms with van der Waals surface area (Å²) >= 11 is 1.77. The van der Waals surface area contributed by atoms with Crippen LogP contribution in [0.4, 0.5) is 0 Å². The highest BCUT2D eigenvalue weighted by atomic mass is 32.1. The maximum Gasteiger partial charge on any atom is 0.193 e. The summed E-state index contributed by atoms with van der Waals surface area (Å²) in [4.78, 5) is 9.86. The van der Waals surface area contributed by atoms with Gasteiger partial charge in [-0.1, -0.05) is 13.8 Å². The fourth-order valence-corrected chi connectivity index (χ4v) is 3.80. The predicted molar refractivity (Wildman–Crippen MR) is 96.8 cm³/mol. The van der Waals surface area contributed by atoms with E-state index in [9.17, 15) is 0 Å². The smallest absolute Gasteiger partial charge is 0.193 e. The van der Waals surface area contributed by atoms with Crippen molar-refractivity contribution >= 4 is 17.3 Å². The van der Waals surface area contributed by atoms with Crippen LogP contribution in [0.5, 0.6) is 0 Å². The fraction of sp³-hybridized carbons (Fsp3) is 0.706. The summed E-state index contributed by atoms with van der Waals surface area (Å²) in [6, 6.07) is 2.63. The molecule has 1 fully saturated rings. The van der Waals surface area contributed by atoms with Crippen molar-refractivity contribution in [1.82, 2.24) is 15.1 Å².